The molecule has 1 aromatic carbocycles. The van der Waals surface area contributed by atoms with Gasteiger partial charge in [0, 0.05) is 17.1 Å². The van der Waals surface area contributed by atoms with E-state index in [1.54, 1.807) is 11.8 Å². The molecule has 0 unspecified atom stereocenters. The summed E-state index contributed by atoms with van der Waals surface area (Å²) in [7, 11) is 0. The minimum Gasteiger partial charge on any atom is -0.399 e. The monoisotopic (exact) mass is 290 g/mol. The molecule has 0 aromatic heterocycles. The van der Waals surface area contributed by atoms with Crippen LogP contribution in [0, 0.1) is 0 Å². The van der Waals surface area contributed by atoms with Crippen LogP contribution < -0.4 is 11.1 Å². The van der Waals surface area contributed by atoms with E-state index in [0.29, 0.717) is 5.75 Å². The smallest absolute Gasteiger partial charge is 0.230 e. The Morgan fingerprint density at radius 1 is 1.25 bits per heavy atom. The highest BCUT2D eigenvalue weighted by Crippen LogP contribution is 2.20. The summed E-state index contributed by atoms with van der Waals surface area (Å²) < 4.78 is 0. The predicted molar refractivity (Wildman–Crippen MR) is 85.8 cm³/mol. The van der Waals surface area contributed by atoms with Gasteiger partial charge in [0.1, 0.15) is 0 Å². The lowest BCUT2D eigenvalue weighted by Crippen LogP contribution is -2.26. The Morgan fingerprint density at radius 3 is 2.75 bits per heavy atom. The summed E-state index contributed by atoms with van der Waals surface area (Å²) in [5.41, 5.74) is 7.88. The Hall–Kier alpha value is -1.42. The van der Waals surface area contributed by atoms with Gasteiger partial charge < -0.3 is 11.1 Å². The molecule has 1 aliphatic rings. The number of nitrogens with two attached hydrogens (primary N) is 1. The van der Waals surface area contributed by atoms with Crippen molar-refractivity contribution in [3.05, 3.63) is 35.9 Å². The maximum absolute atomic E-state index is 11.7. The fraction of sp³-hybridized carbons (Fsp3) is 0.438. The van der Waals surface area contributed by atoms with E-state index in [4.69, 9.17) is 5.73 Å². The van der Waals surface area contributed by atoms with Crippen LogP contribution in [0.5, 0.6) is 0 Å². The van der Waals surface area contributed by atoms with Crippen LogP contribution in [-0.4, -0.2) is 18.2 Å². The maximum Gasteiger partial charge on any atom is 0.230 e. The van der Waals surface area contributed by atoms with Crippen LogP contribution >= 0.6 is 11.8 Å². The molecule has 0 heterocycles. The fourth-order valence-electron chi connectivity index (χ4n) is 2.26. The molecular weight excluding hydrogens is 268 g/mol. The molecule has 4 heteroatoms. The van der Waals surface area contributed by atoms with Gasteiger partial charge in [-0.1, -0.05) is 11.6 Å². The van der Waals surface area contributed by atoms with Gasteiger partial charge in [-0.3, -0.25) is 4.79 Å². The highest BCUT2D eigenvalue weighted by molar-refractivity contribution is 8.00. The van der Waals surface area contributed by atoms with E-state index in [-0.39, 0.29) is 5.91 Å². The molecule has 1 aromatic rings. The van der Waals surface area contributed by atoms with Crippen molar-refractivity contribution in [2.24, 2.45) is 0 Å². The first-order valence-corrected chi connectivity index (χ1v) is 8.15. The van der Waals surface area contributed by atoms with Gasteiger partial charge in [-0.15, -0.1) is 11.8 Å². The van der Waals surface area contributed by atoms with Crippen LogP contribution in [0.3, 0.4) is 0 Å². The van der Waals surface area contributed by atoms with Gasteiger partial charge in [0.25, 0.3) is 0 Å². The Morgan fingerprint density at radius 2 is 2.05 bits per heavy atom. The largest absolute Gasteiger partial charge is 0.399 e. The van der Waals surface area contributed by atoms with Crippen molar-refractivity contribution in [2.45, 2.75) is 37.0 Å². The molecule has 0 spiro atoms. The highest BCUT2D eigenvalue weighted by Gasteiger charge is 2.05. The van der Waals surface area contributed by atoms with E-state index in [0.717, 1.165) is 23.5 Å². The van der Waals surface area contributed by atoms with Crippen molar-refractivity contribution in [3.63, 3.8) is 0 Å². The molecule has 3 N–H and O–H groups in total. The van der Waals surface area contributed by atoms with Crippen molar-refractivity contribution < 1.29 is 4.79 Å². The highest BCUT2D eigenvalue weighted by atomic mass is 32.2. The number of nitrogens with one attached hydrogen (secondary N) is 1. The quantitative estimate of drug-likeness (QED) is 0.480. The van der Waals surface area contributed by atoms with Gasteiger partial charge >= 0.3 is 0 Å². The molecule has 0 saturated carbocycles. The number of thioether (sulfide) groups is 1. The number of anilines is 1. The molecule has 20 heavy (non-hydrogen) atoms. The zero-order chi connectivity index (χ0) is 14.2. The van der Waals surface area contributed by atoms with Crippen LogP contribution in [0.2, 0.25) is 0 Å². The van der Waals surface area contributed by atoms with Crippen LogP contribution in [0.4, 0.5) is 5.69 Å². The SMILES string of the molecule is Nc1ccc(SCC(=O)NCCC2=CCCCC2)cc1. The van der Waals surface area contributed by atoms with Gasteiger partial charge in [-0.2, -0.15) is 0 Å². The van der Waals surface area contributed by atoms with Gasteiger partial charge in [0.2, 0.25) is 5.91 Å². The summed E-state index contributed by atoms with van der Waals surface area (Å²) in [5, 5.41) is 2.99. The van der Waals surface area contributed by atoms with Gasteiger partial charge in [-0.05, 0) is 56.4 Å². The molecule has 0 fully saturated rings. The molecule has 1 amide bonds. The van der Waals surface area contributed by atoms with E-state index in [9.17, 15) is 4.79 Å². The van der Waals surface area contributed by atoms with Crippen molar-refractivity contribution in [1.29, 1.82) is 0 Å². The number of nitrogen functional groups attached to an aromatic ring is 1. The second-order valence-electron chi connectivity index (χ2n) is 5.07. The van der Waals surface area contributed by atoms with E-state index >= 15 is 0 Å². The molecule has 0 saturated heterocycles. The van der Waals surface area contributed by atoms with E-state index < -0.39 is 0 Å². The van der Waals surface area contributed by atoms with Gasteiger partial charge in [0.05, 0.1) is 5.75 Å². The van der Waals surface area contributed by atoms with Crippen molar-refractivity contribution in [2.75, 3.05) is 18.0 Å². The average molecular weight is 290 g/mol. The van der Waals surface area contributed by atoms with Gasteiger partial charge in [-0.25, -0.2) is 0 Å². The predicted octanol–water partition coefficient (Wildman–Crippen LogP) is 3.37. The molecule has 0 bridgehead atoms. The van der Waals surface area contributed by atoms with Crippen LogP contribution in [0.15, 0.2) is 40.8 Å². The summed E-state index contributed by atoms with van der Waals surface area (Å²) in [6.45, 7) is 0.757. The Balaban J connectivity index is 1.62. The van der Waals surface area contributed by atoms with Crippen molar-refractivity contribution >= 4 is 23.4 Å². The standard InChI is InChI=1S/C16H22N2OS/c17-14-6-8-15(9-7-14)20-12-16(19)18-11-10-13-4-2-1-3-5-13/h4,6-9H,1-3,5,10-12,17H2,(H,18,19). The number of carbonyl (C=O) groups excluding carboxylic acids is 1. The minimum atomic E-state index is 0.100. The number of carbonyl (C=O) groups is 1. The maximum atomic E-state index is 11.7. The Kier molecular flexibility index (Phi) is 5.99. The molecular formula is C16H22N2OS. The zero-order valence-electron chi connectivity index (χ0n) is 11.7. The van der Waals surface area contributed by atoms with Crippen LogP contribution in [-0.2, 0) is 4.79 Å². The number of hydrogen-bond donors (Lipinski definition) is 2. The molecule has 3 nitrogen and oxygen atoms in total. The first-order valence-electron chi connectivity index (χ1n) is 7.17. The third-order valence-corrected chi connectivity index (χ3v) is 4.42. The molecule has 2 rings (SSSR count). The summed E-state index contributed by atoms with van der Waals surface area (Å²) in [5.74, 6) is 0.561. The fourth-order valence-corrected chi connectivity index (χ4v) is 2.99. The van der Waals surface area contributed by atoms with E-state index in [1.807, 2.05) is 24.3 Å². The molecule has 0 radical (unpaired) electrons. The minimum absolute atomic E-state index is 0.100. The lowest BCUT2D eigenvalue weighted by atomic mass is 9.97. The molecule has 0 aliphatic heterocycles. The second-order valence-corrected chi connectivity index (χ2v) is 6.11. The Bertz CT molecular complexity index is 468. The molecule has 108 valence electrons. The summed E-state index contributed by atoms with van der Waals surface area (Å²) in [6.07, 6.45) is 8.35. The zero-order valence-corrected chi connectivity index (χ0v) is 12.5. The van der Waals surface area contributed by atoms with Crippen molar-refractivity contribution in [3.8, 4) is 0 Å². The topological polar surface area (TPSA) is 55.1 Å². The first-order chi connectivity index (χ1) is 9.74. The average Bonchev–Trinajstić information content (AvgIpc) is 2.48. The van der Waals surface area contributed by atoms with Gasteiger partial charge in [0.15, 0.2) is 0 Å². The molecule has 1 aliphatic carbocycles. The summed E-state index contributed by atoms with van der Waals surface area (Å²) in [6, 6.07) is 7.60. The normalized spacial score (nSPS) is 14.7. The lowest BCUT2D eigenvalue weighted by molar-refractivity contribution is -0.118. The third-order valence-electron chi connectivity index (χ3n) is 3.40. The third kappa shape index (κ3) is 5.29. The van der Waals surface area contributed by atoms with E-state index in [1.165, 1.54) is 31.3 Å². The lowest BCUT2D eigenvalue weighted by Gasteiger charge is -2.12. The number of benzene rings is 1. The number of hydrogen-bond acceptors (Lipinski definition) is 3. The number of rotatable bonds is 6. The number of allylic oxidation sites excluding steroid dienone is 1. The second kappa shape index (κ2) is 8.00. The molecule has 0 atom stereocenters. The number of amides is 1. The summed E-state index contributed by atoms with van der Waals surface area (Å²) >= 11 is 1.54. The van der Waals surface area contributed by atoms with Crippen LogP contribution in [0.25, 0.3) is 0 Å². The Labute approximate surface area is 125 Å². The van der Waals surface area contributed by atoms with E-state index in [2.05, 4.69) is 11.4 Å². The first kappa shape index (κ1) is 15.0. The summed E-state index contributed by atoms with van der Waals surface area (Å²) in [4.78, 5) is 12.8. The van der Waals surface area contributed by atoms with Crippen LogP contribution in [0.1, 0.15) is 32.1 Å². The van der Waals surface area contributed by atoms with Crippen molar-refractivity contribution in [1.82, 2.24) is 5.32 Å².